The SMILES string of the molecule is N#C[C@]1(c2ccc(Cl)cc2)C=C(c2ccccc2)O[C@H]1c1ccc(Cl)cc1. The molecule has 4 rings (SSSR count). The number of hydrogen-bond donors (Lipinski definition) is 0. The van der Waals surface area contributed by atoms with Crippen LogP contribution in [0.4, 0.5) is 0 Å². The molecular formula is C23H15Cl2NO. The third-order valence-corrected chi connectivity index (χ3v) is 5.26. The Hall–Kier alpha value is -2.73. The highest BCUT2D eigenvalue weighted by molar-refractivity contribution is 6.30. The van der Waals surface area contributed by atoms with Gasteiger partial charge in [0.25, 0.3) is 0 Å². The molecule has 2 atom stereocenters. The molecule has 3 aromatic carbocycles. The Kier molecular flexibility index (Phi) is 4.66. The lowest BCUT2D eigenvalue weighted by atomic mass is 9.75. The van der Waals surface area contributed by atoms with Gasteiger partial charge in [-0.05, 0) is 41.5 Å². The summed E-state index contributed by atoms with van der Waals surface area (Å²) in [6, 6.07) is 27.1. The lowest BCUT2D eigenvalue weighted by Crippen LogP contribution is -2.27. The first kappa shape index (κ1) is 17.7. The van der Waals surface area contributed by atoms with Gasteiger partial charge in [-0.2, -0.15) is 5.26 Å². The lowest BCUT2D eigenvalue weighted by Gasteiger charge is -2.27. The van der Waals surface area contributed by atoms with E-state index in [-0.39, 0.29) is 0 Å². The molecule has 0 fully saturated rings. The van der Waals surface area contributed by atoms with E-state index in [1.165, 1.54) is 0 Å². The summed E-state index contributed by atoms with van der Waals surface area (Å²) in [5.74, 6) is 0.687. The van der Waals surface area contributed by atoms with Crippen molar-refractivity contribution in [3.8, 4) is 6.07 Å². The van der Waals surface area contributed by atoms with Crippen LogP contribution in [-0.2, 0) is 10.2 Å². The van der Waals surface area contributed by atoms with Crippen molar-refractivity contribution in [3.63, 3.8) is 0 Å². The van der Waals surface area contributed by atoms with Gasteiger partial charge >= 0.3 is 0 Å². The van der Waals surface area contributed by atoms with Crippen molar-refractivity contribution < 1.29 is 4.74 Å². The van der Waals surface area contributed by atoms with E-state index in [0.717, 1.165) is 16.7 Å². The second-order valence-electron chi connectivity index (χ2n) is 6.41. The molecule has 3 aromatic rings. The van der Waals surface area contributed by atoms with Gasteiger partial charge in [0.2, 0.25) is 0 Å². The second kappa shape index (κ2) is 7.12. The minimum absolute atomic E-state index is 0.490. The van der Waals surface area contributed by atoms with Crippen molar-refractivity contribution >= 4 is 29.0 Å². The van der Waals surface area contributed by atoms with Crippen LogP contribution in [0, 0.1) is 11.3 Å². The largest absolute Gasteiger partial charge is 0.483 e. The third kappa shape index (κ3) is 3.21. The Morgan fingerprint density at radius 3 is 2.00 bits per heavy atom. The normalized spacial score (nSPS) is 21.2. The van der Waals surface area contributed by atoms with Crippen molar-refractivity contribution in [1.82, 2.24) is 0 Å². The summed E-state index contributed by atoms with van der Waals surface area (Å²) >= 11 is 12.1. The number of ether oxygens (including phenoxy) is 1. The average molecular weight is 392 g/mol. The minimum Gasteiger partial charge on any atom is -0.483 e. The molecule has 0 amide bonds. The van der Waals surface area contributed by atoms with Crippen LogP contribution in [0.5, 0.6) is 0 Å². The van der Waals surface area contributed by atoms with Crippen LogP contribution >= 0.6 is 23.2 Å². The van der Waals surface area contributed by atoms with Gasteiger partial charge in [0.15, 0.2) is 6.10 Å². The molecule has 0 saturated heterocycles. The highest BCUT2D eigenvalue weighted by Crippen LogP contribution is 2.50. The van der Waals surface area contributed by atoms with E-state index in [9.17, 15) is 5.26 Å². The molecule has 0 unspecified atom stereocenters. The van der Waals surface area contributed by atoms with Gasteiger partial charge in [0, 0.05) is 15.6 Å². The van der Waals surface area contributed by atoms with E-state index >= 15 is 0 Å². The molecule has 4 heteroatoms. The van der Waals surface area contributed by atoms with Crippen LogP contribution in [0.3, 0.4) is 0 Å². The van der Waals surface area contributed by atoms with Gasteiger partial charge in [0.05, 0.1) is 6.07 Å². The van der Waals surface area contributed by atoms with E-state index in [1.807, 2.05) is 72.8 Å². The Morgan fingerprint density at radius 2 is 1.41 bits per heavy atom. The molecule has 0 bridgehead atoms. The van der Waals surface area contributed by atoms with Crippen molar-refractivity contribution in [3.05, 3.63) is 112 Å². The molecule has 0 spiro atoms. The van der Waals surface area contributed by atoms with Gasteiger partial charge in [-0.25, -0.2) is 0 Å². The summed E-state index contributed by atoms with van der Waals surface area (Å²) in [6.45, 7) is 0. The standard InChI is InChI=1S/C23H15Cl2NO/c24-19-10-6-17(7-11-19)22-23(15-26,18-8-12-20(25)13-9-18)14-21(27-22)16-4-2-1-3-5-16/h1-14,22H/t22-,23-/m0/s1. The smallest absolute Gasteiger partial charge is 0.150 e. The number of nitriles is 1. The molecule has 0 aliphatic carbocycles. The van der Waals surface area contributed by atoms with Crippen LogP contribution in [-0.4, -0.2) is 0 Å². The number of halogens is 2. The molecule has 1 aliphatic heterocycles. The monoisotopic (exact) mass is 391 g/mol. The Bertz CT molecular complexity index is 1020. The molecule has 0 radical (unpaired) electrons. The highest BCUT2D eigenvalue weighted by atomic mass is 35.5. The third-order valence-electron chi connectivity index (χ3n) is 4.76. The molecular weight excluding hydrogens is 377 g/mol. The quantitative estimate of drug-likeness (QED) is 0.505. The molecule has 27 heavy (non-hydrogen) atoms. The van der Waals surface area contributed by atoms with E-state index in [4.69, 9.17) is 27.9 Å². The van der Waals surface area contributed by atoms with Crippen LogP contribution < -0.4 is 0 Å². The van der Waals surface area contributed by atoms with Gasteiger partial charge in [-0.15, -0.1) is 0 Å². The highest BCUT2D eigenvalue weighted by Gasteiger charge is 2.47. The summed E-state index contributed by atoms with van der Waals surface area (Å²) < 4.78 is 6.33. The summed E-state index contributed by atoms with van der Waals surface area (Å²) in [5, 5.41) is 11.5. The molecule has 0 N–H and O–H groups in total. The van der Waals surface area contributed by atoms with Gasteiger partial charge in [-0.1, -0.05) is 77.8 Å². The van der Waals surface area contributed by atoms with Crippen LogP contribution in [0.2, 0.25) is 10.0 Å². The fourth-order valence-corrected chi connectivity index (χ4v) is 3.63. The number of hydrogen-bond acceptors (Lipinski definition) is 2. The van der Waals surface area contributed by atoms with E-state index in [2.05, 4.69) is 6.07 Å². The molecule has 0 saturated carbocycles. The molecule has 0 aromatic heterocycles. The van der Waals surface area contributed by atoms with Crippen molar-refractivity contribution in [2.45, 2.75) is 11.5 Å². The predicted molar refractivity (Wildman–Crippen MR) is 108 cm³/mol. The zero-order valence-electron chi connectivity index (χ0n) is 14.3. The lowest BCUT2D eigenvalue weighted by molar-refractivity contribution is 0.155. The molecule has 1 heterocycles. The zero-order chi connectivity index (χ0) is 18.9. The van der Waals surface area contributed by atoms with Crippen LogP contribution in [0.15, 0.2) is 84.9 Å². The van der Waals surface area contributed by atoms with Gasteiger partial charge in [-0.3, -0.25) is 0 Å². The summed E-state index contributed by atoms with van der Waals surface area (Å²) in [6.07, 6.45) is 1.42. The van der Waals surface area contributed by atoms with Crippen LogP contribution in [0.1, 0.15) is 22.8 Å². The summed E-state index contributed by atoms with van der Waals surface area (Å²) in [4.78, 5) is 0. The van der Waals surface area contributed by atoms with Crippen LogP contribution in [0.25, 0.3) is 5.76 Å². The fraction of sp³-hybridized carbons (Fsp3) is 0.0870. The number of rotatable bonds is 3. The van der Waals surface area contributed by atoms with E-state index in [0.29, 0.717) is 15.8 Å². The van der Waals surface area contributed by atoms with Gasteiger partial charge in [0.1, 0.15) is 11.2 Å². The van der Waals surface area contributed by atoms with Crippen molar-refractivity contribution in [2.24, 2.45) is 0 Å². The van der Waals surface area contributed by atoms with Crippen molar-refractivity contribution in [2.75, 3.05) is 0 Å². The topological polar surface area (TPSA) is 33.0 Å². The number of nitrogens with zero attached hydrogens (tertiary/aromatic N) is 1. The maximum atomic E-state index is 10.3. The maximum Gasteiger partial charge on any atom is 0.150 e. The van der Waals surface area contributed by atoms with Gasteiger partial charge < -0.3 is 4.74 Å². The molecule has 132 valence electrons. The second-order valence-corrected chi connectivity index (χ2v) is 7.28. The molecule has 1 aliphatic rings. The summed E-state index contributed by atoms with van der Waals surface area (Å²) in [5.41, 5.74) is 1.68. The summed E-state index contributed by atoms with van der Waals surface area (Å²) in [7, 11) is 0. The average Bonchev–Trinajstić information content (AvgIpc) is 3.11. The maximum absolute atomic E-state index is 10.3. The van der Waals surface area contributed by atoms with E-state index < -0.39 is 11.5 Å². The van der Waals surface area contributed by atoms with Crippen molar-refractivity contribution in [1.29, 1.82) is 5.26 Å². The van der Waals surface area contributed by atoms with E-state index in [1.54, 1.807) is 12.1 Å². The fourth-order valence-electron chi connectivity index (χ4n) is 3.37. The first-order chi connectivity index (χ1) is 13.1. The number of benzene rings is 3. The Balaban J connectivity index is 1.88. The zero-order valence-corrected chi connectivity index (χ0v) is 15.8. The predicted octanol–water partition coefficient (Wildman–Crippen LogP) is 6.57. The first-order valence-corrected chi connectivity index (χ1v) is 9.26. The Morgan fingerprint density at radius 1 is 0.815 bits per heavy atom. The minimum atomic E-state index is -0.969. The molecule has 2 nitrogen and oxygen atoms in total. The Labute approximate surface area is 168 Å². The first-order valence-electron chi connectivity index (χ1n) is 8.50.